The van der Waals surface area contributed by atoms with E-state index in [0.717, 1.165) is 56.7 Å². The van der Waals surface area contributed by atoms with Crippen LogP contribution < -0.4 is 0 Å². The Morgan fingerprint density at radius 2 is 1.19 bits per heavy atom. The molecule has 152 valence electrons. The number of carbonyl (C=O) groups excluding carboxylic acids is 2. The Kier molecular flexibility index (Phi) is 15.2. The lowest BCUT2D eigenvalue weighted by molar-refractivity contribution is 0.151. The van der Waals surface area contributed by atoms with Crippen LogP contribution in [-0.2, 0) is 9.16 Å². The Morgan fingerprint density at radius 3 is 1.73 bits per heavy atom. The second kappa shape index (κ2) is 16.0. The van der Waals surface area contributed by atoms with Gasteiger partial charge in [0.15, 0.2) is 0 Å². The molecule has 2 amide bonds. The number of unbranched alkanes of at least 4 members (excludes halogenated alkanes) is 5. The Hall–Kier alpha value is -1.24. The van der Waals surface area contributed by atoms with Gasteiger partial charge in [-0.1, -0.05) is 89.3 Å². The van der Waals surface area contributed by atoms with Crippen LogP contribution in [0.1, 0.15) is 85.5 Å². The number of amides is 2. The molecule has 0 spiro atoms. The van der Waals surface area contributed by atoms with Gasteiger partial charge in [-0.3, -0.25) is 0 Å². The van der Waals surface area contributed by atoms with Crippen molar-refractivity contribution in [3.05, 3.63) is 0 Å². The number of hydrogen-bond donors (Lipinski definition) is 0. The van der Waals surface area contributed by atoms with Crippen LogP contribution in [0.3, 0.4) is 0 Å². The molecule has 0 heterocycles. The molecule has 0 radical (unpaired) electrons. The van der Waals surface area contributed by atoms with Gasteiger partial charge < -0.3 is 9.16 Å². The lowest BCUT2D eigenvalue weighted by Crippen LogP contribution is -2.39. The maximum Gasteiger partial charge on any atom is 0.452 e. The van der Waals surface area contributed by atoms with Gasteiger partial charge >= 0.3 is 12.2 Å². The first-order chi connectivity index (χ1) is 12.5. The van der Waals surface area contributed by atoms with Crippen molar-refractivity contribution in [3.8, 4) is 0 Å². The van der Waals surface area contributed by atoms with E-state index < -0.39 is 20.5 Å². The normalized spacial score (nSPS) is 11.7. The summed E-state index contributed by atoms with van der Waals surface area (Å²) in [6, 6.07) is 2.79. The number of rotatable bonds is 14. The van der Waals surface area contributed by atoms with Gasteiger partial charge in [-0.2, -0.15) is 0 Å². The summed E-state index contributed by atoms with van der Waals surface area (Å²) in [6.45, 7) is 8.79. The molecule has 0 fully saturated rings. The van der Waals surface area contributed by atoms with Gasteiger partial charge in [-0.05, 0) is 24.6 Å². The molecule has 0 aliphatic rings. The van der Waals surface area contributed by atoms with Crippen LogP contribution in [-0.4, -0.2) is 27.1 Å². The summed E-state index contributed by atoms with van der Waals surface area (Å²) in [5, 5.41) is 6.77. The standard InChI is InChI=1S/C19H38N2O4Si/c1-5-9-10-11-12-13-14-24-18(22)20-21-19(23)25-26(15-6-2,16-7-3)17-8-4/h5-17H2,1-4H3/b21-20+. The van der Waals surface area contributed by atoms with Crippen LogP contribution in [0.4, 0.5) is 9.59 Å². The first kappa shape index (κ1) is 24.8. The second-order valence-electron chi connectivity index (χ2n) is 6.88. The van der Waals surface area contributed by atoms with E-state index >= 15 is 0 Å². The Bertz CT molecular complexity index is 399. The van der Waals surface area contributed by atoms with Gasteiger partial charge in [0.1, 0.15) is 0 Å². The third-order valence-electron chi connectivity index (χ3n) is 4.36. The van der Waals surface area contributed by atoms with Gasteiger partial charge in [0, 0.05) is 0 Å². The van der Waals surface area contributed by atoms with Gasteiger partial charge in [0.25, 0.3) is 8.32 Å². The summed E-state index contributed by atoms with van der Waals surface area (Å²) in [6.07, 6.45) is 8.06. The number of azo groups is 1. The van der Waals surface area contributed by atoms with Gasteiger partial charge in [0.2, 0.25) is 0 Å². The molecule has 0 aromatic heterocycles. The molecule has 0 aromatic rings. The highest BCUT2D eigenvalue weighted by molar-refractivity contribution is 6.75. The van der Waals surface area contributed by atoms with Crippen LogP contribution in [0.2, 0.25) is 18.1 Å². The summed E-state index contributed by atoms with van der Waals surface area (Å²) >= 11 is 0. The highest BCUT2D eigenvalue weighted by atomic mass is 28.4. The zero-order chi connectivity index (χ0) is 19.7. The maximum atomic E-state index is 12.0. The van der Waals surface area contributed by atoms with Crippen LogP contribution in [0.5, 0.6) is 0 Å². The lowest BCUT2D eigenvalue weighted by Gasteiger charge is -2.29. The molecule has 0 unspecified atom stereocenters. The third kappa shape index (κ3) is 12.2. The van der Waals surface area contributed by atoms with Crippen LogP contribution in [0, 0.1) is 0 Å². The molecule has 26 heavy (non-hydrogen) atoms. The minimum Gasteiger partial charge on any atom is -0.501 e. The molecule has 0 aliphatic heterocycles. The molecule has 0 aliphatic carbocycles. The van der Waals surface area contributed by atoms with E-state index in [1.54, 1.807) is 0 Å². The average molecular weight is 387 g/mol. The highest BCUT2D eigenvalue weighted by Crippen LogP contribution is 2.28. The van der Waals surface area contributed by atoms with Crippen molar-refractivity contribution in [2.75, 3.05) is 6.61 Å². The highest BCUT2D eigenvalue weighted by Gasteiger charge is 2.36. The first-order valence-electron chi connectivity index (χ1n) is 10.3. The van der Waals surface area contributed by atoms with Crippen molar-refractivity contribution in [2.24, 2.45) is 10.2 Å². The van der Waals surface area contributed by atoms with Crippen molar-refractivity contribution >= 4 is 20.5 Å². The van der Waals surface area contributed by atoms with E-state index in [0.29, 0.717) is 6.61 Å². The van der Waals surface area contributed by atoms with E-state index in [2.05, 4.69) is 37.9 Å². The summed E-state index contributed by atoms with van der Waals surface area (Å²) in [5.74, 6) is 0. The molecule has 0 N–H and O–H groups in total. The lowest BCUT2D eigenvalue weighted by atomic mass is 10.1. The molecule has 0 aromatic carbocycles. The van der Waals surface area contributed by atoms with E-state index in [-0.39, 0.29) is 0 Å². The van der Waals surface area contributed by atoms with Crippen molar-refractivity contribution in [1.29, 1.82) is 0 Å². The summed E-state index contributed by atoms with van der Waals surface area (Å²) in [4.78, 5) is 23.6. The molecule has 0 saturated carbocycles. The Morgan fingerprint density at radius 1 is 0.692 bits per heavy atom. The van der Waals surface area contributed by atoms with Gasteiger partial charge in [-0.25, -0.2) is 9.59 Å². The van der Waals surface area contributed by atoms with Gasteiger partial charge in [-0.15, -0.1) is 0 Å². The smallest absolute Gasteiger partial charge is 0.452 e. The Labute approximate surface area is 160 Å². The number of carbonyl (C=O) groups is 2. The largest absolute Gasteiger partial charge is 0.501 e. The summed E-state index contributed by atoms with van der Waals surface area (Å²) in [7, 11) is -2.13. The molecular weight excluding hydrogens is 348 g/mol. The van der Waals surface area contributed by atoms with Crippen LogP contribution in [0.25, 0.3) is 0 Å². The van der Waals surface area contributed by atoms with Crippen LogP contribution >= 0.6 is 0 Å². The molecule has 0 bridgehead atoms. The predicted molar refractivity (Wildman–Crippen MR) is 107 cm³/mol. The third-order valence-corrected chi connectivity index (χ3v) is 9.20. The maximum absolute atomic E-state index is 12.0. The van der Waals surface area contributed by atoms with Gasteiger partial charge in [0.05, 0.1) is 6.61 Å². The van der Waals surface area contributed by atoms with Crippen molar-refractivity contribution < 1.29 is 18.8 Å². The average Bonchev–Trinajstić information content (AvgIpc) is 2.60. The van der Waals surface area contributed by atoms with E-state index in [1.807, 2.05) is 0 Å². The second-order valence-corrected chi connectivity index (χ2v) is 11.0. The fourth-order valence-corrected chi connectivity index (χ4v) is 7.45. The minimum atomic E-state index is -2.13. The quantitative estimate of drug-likeness (QED) is 0.179. The SMILES string of the molecule is CCCCCCCCOC(=O)/N=N/C(=O)O[Si](CCC)(CCC)CCC. The molecule has 0 rings (SSSR count). The number of ether oxygens (including phenoxy) is 1. The fourth-order valence-electron chi connectivity index (χ4n) is 3.25. The molecule has 0 atom stereocenters. The molecule has 0 saturated heterocycles. The Balaban J connectivity index is 4.26. The van der Waals surface area contributed by atoms with E-state index in [4.69, 9.17) is 9.16 Å². The monoisotopic (exact) mass is 386 g/mol. The molecule has 6 nitrogen and oxygen atoms in total. The van der Waals surface area contributed by atoms with Crippen molar-refractivity contribution in [1.82, 2.24) is 0 Å². The zero-order valence-electron chi connectivity index (χ0n) is 17.2. The predicted octanol–water partition coefficient (Wildman–Crippen LogP) is 7.25. The molecule has 7 heteroatoms. The topological polar surface area (TPSA) is 77.3 Å². The number of hydrogen-bond acceptors (Lipinski definition) is 4. The summed E-state index contributed by atoms with van der Waals surface area (Å²) < 4.78 is 10.7. The fraction of sp³-hybridized carbons (Fsp3) is 0.895. The molecular formula is C19H38N2O4Si. The van der Waals surface area contributed by atoms with Crippen molar-refractivity contribution in [3.63, 3.8) is 0 Å². The van der Waals surface area contributed by atoms with E-state index in [1.165, 1.54) is 19.3 Å². The van der Waals surface area contributed by atoms with E-state index in [9.17, 15) is 9.59 Å². The van der Waals surface area contributed by atoms with Crippen molar-refractivity contribution in [2.45, 2.75) is 104 Å². The summed E-state index contributed by atoms with van der Waals surface area (Å²) in [5.41, 5.74) is 0. The first-order valence-corrected chi connectivity index (χ1v) is 12.9. The zero-order valence-corrected chi connectivity index (χ0v) is 18.2. The minimum absolute atomic E-state index is 0.319. The van der Waals surface area contributed by atoms with Crippen LogP contribution in [0.15, 0.2) is 10.2 Å². The number of nitrogens with zero attached hydrogens (tertiary/aromatic N) is 2.